The minimum atomic E-state index is -1.72. The number of rotatable bonds is 7. The van der Waals surface area contributed by atoms with Gasteiger partial charge >= 0.3 is 0 Å². The van der Waals surface area contributed by atoms with Crippen molar-refractivity contribution in [3.8, 4) is 0 Å². The van der Waals surface area contributed by atoms with Crippen LogP contribution in [-0.4, -0.2) is 41.7 Å². The number of aliphatic hydroxyl groups excluding tert-OH is 1. The number of hydrogen-bond acceptors (Lipinski definition) is 4. The molecule has 0 radical (unpaired) electrons. The SMILES string of the molecule is C=CCN1C(=O)[C@@](O)([C@@H](C)/C=C/CCO)c2cc(N3CCCCC3=O)ccc21. The van der Waals surface area contributed by atoms with Crippen molar-refractivity contribution in [1.82, 2.24) is 0 Å². The Hall–Kier alpha value is -2.44. The maximum Gasteiger partial charge on any atom is 0.264 e. The molecule has 28 heavy (non-hydrogen) atoms. The van der Waals surface area contributed by atoms with Gasteiger partial charge < -0.3 is 20.0 Å². The van der Waals surface area contributed by atoms with E-state index in [9.17, 15) is 14.7 Å². The molecule has 0 saturated carbocycles. The van der Waals surface area contributed by atoms with Crippen LogP contribution in [0.15, 0.2) is 43.0 Å². The monoisotopic (exact) mass is 384 g/mol. The first-order valence-electron chi connectivity index (χ1n) is 9.82. The topological polar surface area (TPSA) is 81.1 Å². The minimum absolute atomic E-state index is 0.00991. The smallest absolute Gasteiger partial charge is 0.264 e. The summed E-state index contributed by atoms with van der Waals surface area (Å²) in [5.41, 5.74) is 0.139. The van der Waals surface area contributed by atoms with Crippen LogP contribution in [0.2, 0.25) is 0 Å². The van der Waals surface area contributed by atoms with Crippen LogP contribution in [0.3, 0.4) is 0 Å². The summed E-state index contributed by atoms with van der Waals surface area (Å²) in [6.45, 7) is 6.45. The third-order valence-corrected chi connectivity index (χ3v) is 5.58. The van der Waals surface area contributed by atoms with E-state index in [2.05, 4.69) is 6.58 Å². The van der Waals surface area contributed by atoms with Crippen LogP contribution in [-0.2, 0) is 15.2 Å². The Morgan fingerprint density at radius 2 is 2.11 bits per heavy atom. The Morgan fingerprint density at radius 1 is 1.32 bits per heavy atom. The van der Waals surface area contributed by atoms with Gasteiger partial charge in [0.05, 0.1) is 5.69 Å². The molecule has 0 bridgehead atoms. The number of fused-ring (bicyclic) bond motifs is 1. The highest BCUT2D eigenvalue weighted by Crippen LogP contribution is 2.46. The van der Waals surface area contributed by atoms with Crippen molar-refractivity contribution in [1.29, 1.82) is 0 Å². The van der Waals surface area contributed by atoms with Crippen molar-refractivity contribution in [2.24, 2.45) is 5.92 Å². The molecule has 1 fully saturated rings. The molecule has 1 aromatic rings. The number of aliphatic hydroxyl groups is 2. The van der Waals surface area contributed by atoms with Crippen LogP contribution in [0.4, 0.5) is 11.4 Å². The maximum absolute atomic E-state index is 13.2. The molecule has 0 aromatic heterocycles. The van der Waals surface area contributed by atoms with Crippen LogP contribution in [0.25, 0.3) is 0 Å². The standard InChI is InChI=1S/C22H28N2O4/c1-3-12-24-19-11-10-17(23-13-6-4-9-20(23)26)15-18(19)22(28,21(24)27)16(2)8-5-7-14-25/h3,5,8,10-11,15-16,25,28H,1,4,6-7,9,12-14H2,2H3/b8-5+/t16-,22+/m0/s1. The summed E-state index contributed by atoms with van der Waals surface area (Å²) in [5.74, 6) is -0.823. The summed E-state index contributed by atoms with van der Waals surface area (Å²) in [4.78, 5) is 28.8. The molecule has 2 amide bonds. The van der Waals surface area contributed by atoms with E-state index in [-0.39, 0.29) is 12.5 Å². The molecule has 0 spiro atoms. The number of nitrogens with zero attached hydrogens (tertiary/aromatic N) is 2. The second-order valence-corrected chi connectivity index (χ2v) is 7.40. The van der Waals surface area contributed by atoms with Crippen molar-refractivity contribution >= 4 is 23.2 Å². The lowest BCUT2D eigenvalue weighted by atomic mass is 9.82. The molecule has 1 aromatic carbocycles. The highest BCUT2D eigenvalue weighted by Gasteiger charge is 2.52. The van der Waals surface area contributed by atoms with Crippen LogP contribution in [0.5, 0.6) is 0 Å². The maximum atomic E-state index is 13.2. The molecule has 2 heterocycles. The predicted molar refractivity (Wildman–Crippen MR) is 109 cm³/mol. The molecule has 2 N–H and O–H groups in total. The molecule has 6 nitrogen and oxygen atoms in total. The highest BCUT2D eigenvalue weighted by molar-refractivity contribution is 6.08. The molecule has 6 heteroatoms. The largest absolute Gasteiger partial charge is 0.396 e. The van der Waals surface area contributed by atoms with Gasteiger partial charge in [0.15, 0.2) is 5.60 Å². The van der Waals surface area contributed by atoms with Crippen molar-refractivity contribution in [2.75, 3.05) is 29.5 Å². The Kier molecular flexibility index (Phi) is 6.01. The minimum Gasteiger partial charge on any atom is -0.396 e. The molecule has 0 aliphatic carbocycles. The Morgan fingerprint density at radius 3 is 2.79 bits per heavy atom. The molecule has 150 valence electrons. The van der Waals surface area contributed by atoms with Gasteiger partial charge in [-0.25, -0.2) is 0 Å². The van der Waals surface area contributed by atoms with E-state index in [0.29, 0.717) is 42.9 Å². The van der Waals surface area contributed by atoms with Crippen molar-refractivity contribution in [2.45, 2.75) is 38.2 Å². The number of amides is 2. The van der Waals surface area contributed by atoms with Gasteiger partial charge in [0.25, 0.3) is 5.91 Å². The fourth-order valence-electron chi connectivity index (χ4n) is 4.01. The van der Waals surface area contributed by atoms with Gasteiger partial charge in [-0.15, -0.1) is 6.58 Å². The molecule has 0 unspecified atom stereocenters. The molecule has 2 atom stereocenters. The number of piperidine rings is 1. The van der Waals surface area contributed by atoms with E-state index in [0.717, 1.165) is 12.8 Å². The van der Waals surface area contributed by atoms with Crippen LogP contribution in [0, 0.1) is 5.92 Å². The quantitative estimate of drug-likeness (QED) is 0.708. The second-order valence-electron chi connectivity index (χ2n) is 7.40. The third kappa shape index (κ3) is 3.38. The second kappa shape index (κ2) is 8.29. The number of anilines is 2. The lowest BCUT2D eigenvalue weighted by Crippen LogP contribution is -2.44. The third-order valence-electron chi connectivity index (χ3n) is 5.58. The number of benzene rings is 1. The fourth-order valence-corrected chi connectivity index (χ4v) is 4.01. The van der Waals surface area contributed by atoms with Crippen molar-refractivity contribution in [3.63, 3.8) is 0 Å². The van der Waals surface area contributed by atoms with Crippen LogP contribution >= 0.6 is 0 Å². The van der Waals surface area contributed by atoms with Gasteiger partial charge in [-0.3, -0.25) is 9.59 Å². The van der Waals surface area contributed by atoms with Crippen LogP contribution < -0.4 is 9.80 Å². The van der Waals surface area contributed by atoms with Crippen molar-refractivity contribution < 1.29 is 19.8 Å². The number of carbonyl (C=O) groups is 2. The van der Waals surface area contributed by atoms with E-state index >= 15 is 0 Å². The first-order valence-corrected chi connectivity index (χ1v) is 9.82. The fraction of sp³-hybridized carbons (Fsp3) is 0.455. The molecule has 3 rings (SSSR count). The summed E-state index contributed by atoms with van der Waals surface area (Å²) < 4.78 is 0. The summed E-state index contributed by atoms with van der Waals surface area (Å²) in [7, 11) is 0. The number of carbonyl (C=O) groups excluding carboxylic acids is 2. The van der Waals surface area contributed by atoms with Gasteiger partial charge in [0, 0.05) is 43.3 Å². The van der Waals surface area contributed by atoms with Gasteiger partial charge in [0.2, 0.25) is 5.91 Å². The van der Waals surface area contributed by atoms with Gasteiger partial charge in [-0.1, -0.05) is 25.2 Å². The first kappa shape index (κ1) is 20.3. The van der Waals surface area contributed by atoms with E-state index < -0.39 is 17.4 Å². The van der Waals surface area contributed by atoms with Crippen molar-refractivity contribution in [3.05, 3.63) is 48.6 Å². The molecular weight excluding hydrogens is 356 g/mol. The normalized spacial score (nSPS) is 23.4. The predicted octanol–water partition coefficient (Wildman–Crippen LogP) is 2.50. The highest BCUT2D eigenvalue weighted by atomic mass is 16.3. The average molecular weight is 384 g/mol. The zero-order valence-electron chi connectivity index (χ0n) is 16.3. The number of hydrogen-bond donors (Lipinski definition) is 2. The Bertz CT molecular complexity index is 804. The lowest BCUT2D eigenvalue weighted by molar-refractivity contribution is -0.139. The van der Waals surface area contributed by atoms with E-state index in [4.69, 9.17) is 5.11 Å². The van der Waals surface area contributed by atoms with E-state index in [1.54, 1.807) is 42.2 Å². The first-order chi connectivity index (χ1) is 13.4. The van der Waals surface area contributed by atoms with Crippen LogP contribution in [0.1, 0.15) is 38.2 Å². The molecule has 1 saturated heterocycles. The molecular formula is C22H28N2O4. The van der Waals surface area contributed by atoms with E-state index in [1.165, 1.54) is 4.90 Å². The zero-order chi connectivity index (χ0) is 20.3. The zero-order valence-corrected chi connectivity index (χ0v) is 16.3. The van der Waals surface area contributed by atoms with Gasteiger partial charge in [0.1, 0.15) is 0 Å². The Balaban J connectivity index is 2.05. The average Bonchev–Trinajstić information content (AvgIpc) is 2.91. The lowest BCUT2D eigenvalue weighted by Gasteiger charge is -2.29. The summed E-state index contributed by atoms with van der Waals surface area (Å²) in [6, 6.07) is 5.41. The summed E-state index contributed by atoms with van der Waals surface area (Å²) in [6.07, 6.45) is 7.96. The molecule has 2 aliphatic heterocycles. The van der Waals surface area contributed by atoms with Gasteiger partial charge in [-0.2, -0.15) is 0 Å². The Labute approximate surface area is 165 Å². The van der Waals surface area contributed by atoms with Gasteiger partial charge in [-0.05, 0) is 37.5 Å². The molecule has 2 aliphatic rings. The summed E-state index contributed by atoms with van der Waals surface area (Å²) in [5, 5.41) is 20.5. The summed E-state index contributed by atoms with van der Waals surface area (Å²) >= 11 is 0. The van der Waals surface area contributed by atoms with E-state index in [1.807, 2.05) is 6.07 Å².